The molecule has 0 atom stereocenters. The van der Waals surface area contributed by atoms with E-state index in [9.17, 15) is 4.79 Å². The van der Waals surface area contributed by atoms with Gasteiger partial charge in [-0.05, 0) is 12.1 Å². The lowest BCUT2D eigenvalue weighted by atomic mass is 10.4. The van der Waals surface area contributed by atoms with E-state index in [0.29, 0.717) is 0 Å². The van der Waals surface area contributed by atoms with Gasteiger partial charge in [-0.3, -0.25) is 0 Å². The van der Waals surface area contributed by atoms with Crippen LogP contribution in [-0.4, -0.2) is 37.4 Å². The molecule has 0 saturated heterocycles. The first-order chi connectivity index (χ1) is 5.70. The zero-order valence-corrected chi connectivity index (χ0v) is 6.14. The summed E-state index contributed by atoms with van der Waals surface area (Å²) in [7, 11) is 0. The normalized spacial score (nSPS) is 11.2. The molecule has 1 aromatic rings. The Hall–Kier alpha value is -1.99. The minimum Gasteiger partial charge on any atom is -0.477 e. The molecule has 12 heavy (non-hydrogen) atoms. The van der Waals surface area contributed by atoms with Crippen molar-refractivity contribution < 1.29 is 9.90 Å². The molecular formula is C4H6N6O2. The van der Waals surface area contributed by atoms with E-state index in [-0.39, 0.29) is 11.7 Å². The summed E-state index contributed by atoms with van der Waals surface area (Å²) in [6.07, 6.45) is 0. The number of carboxylic acids is 1. The monoisotopic (exact) mass is 170 g/mol. The number of carboxylic acid groups (broad SMARTS) is 1. The molecule has 0 aliphatic rings. The fourth-order valence-corrected chi connectivity index (χ4v) is 0.391. The van der Waals surface area contributed by atoms with Crippen molar-refractivity contribution in [2.75, 3.05) is 5.43 Å². The molecule has 0 unspecified atom stereocenters. The molecule has 0 aliphatic heterocycles. The third-order valence-corrected chi connectivity index (χ3v) is 0.978. The number of H-pyrrole nitrogens is 1. The number of nitrogens with one attached hydrogen (secondary N) is 2. The number of tetrazole rings is 1. The van der Waals surface area contributed by atoms with Crippen LogP contribution in [0.3, 0.4) is 0 Å². The lowest BCUT2D eigenvalue weighted by Gasteiger charge is -1.91. The SMILES string of the molecule is CC(=NNc1nn[nH]n1)C(=O)O. The summed E-state index contributed by atoms with van der Waals surface area (Å²) < 4.78 is 0. The third kappa shape index (κ3) is 2.01. The molecule has 0 aliphatic carbocycles. The molecule has 64 valence electrons. The van der Waals surface area contributed by atoms with Crippen LogP contribution in [-0.2, 0) is 4.79 Å². The van der Waals surface area contributed by atoms with E-state index < -0.39 is 5.97 Å². The van der Waals surface area contributed by atoms with Gasteiger partial charge in [-0.15, -0.1) is 5.10 Å². The number of carbonyl (C=O) groups is 1. The maximum atomic E-state index is 10.2. The molecule has 0 bridgehead atoms. The van der Waals surface area contributed by atoms with Crippen molar-refractivity contribution >= 4 is 17.6 Å². The first-order valence-corrected chi connectivity index (χ1v) is 2.97. The van der Waals surface area contributed by atoms with Gasteiger partial charge in [0.15, 0.2) is 0 Å². The minimum atomic E-state index is -1.11. The van der Waals surface area contributed by atoms with Crippen LogP contribution >= 0.6 is 0 Å². The topological polar surface area (TPSA) is 116 Å². The van der Waals surface area contributed by atoms with Gasteiger partial charge < -0.3 is 5.11 Å². The number of aromatic amines is 1. The Kier molecular flexibility index (Phi) is 2.31. The fraction of sp³-hybridized carbons (Fsp3) is 0.250. The highest BCUT2D eigenvalue weighted by atomic mass is 16.4. The van der Waals surface area contributed by atoms with Crippen molar-refractivity contribution in [2.45, 2.75) is 6.92 Å². The van der Waals surface area contributed by atoms with Gasteiger partial charge in [-0.1, -0.05) is 5.10 Å². The number of hydrazone groups is 1. The molecule has 0 amide bonds. The van der Waals surface area contributed by atoms with Crippen LogP contribution in [0.1, 0.15) is 6.92 Å². The van der Waals surface area contributed by atoms with Crippen LogP contribution in [0, 0.1) is 0 Å². The number of rotatable bonds is 3. The van der Waals surface area contributed by atoms with Gasteiger partial charge in [0.25, 0.3) is 5.95 Å². The smallest absolute Gasteiger partial charge is 0.351 e. The van der Waals surface area contributed by atoms with Gasteiger partial charge in [0, 0.05) is 0 Å². The van der Waals surface area contributed by atoms with Gasteiger partial charge >= 0.3 is 5.97 Å². The highest BCUT2D eigenvalue weighted by Crippen LogP contribution is 1.89. The third-order valence-electron chi connectivity index (χ3n) is 0.978. The van der Waals surface area contributed by atoms with Crippen molar-refractivity contribution in [3.63, 3.8) is 0 Å². The predicted octanol–water partition coefficient (Wildman–Crippen LogP) is -0.928. The Bertz CT molecular complexity index is 291. The van der Waals surface area contributed by atoms with Crippen LogP contribution in [0.4, 0.5) is 5.95 Å². The fourth-order valence-electron chi connectivity index (χ4n) is 0.391. The first kappa shape index (κ1) is 8.11. The highest BCUT2D eigenvalue weighted by Gasteiger charge is 2.01. The molecule has 0 aromatic carbocycles. The summed E-state index contributed by atoms with van der Waals surface area (Å²) in [4.78, 5) is 10.2. The zero-order valence-electron chi connectivity index (χ0n) is 6.14. The second-order valence-corrected chi connectivity index (χ2v) is 1.85. The van der Waals surface area contributed by atoms with Crippen molar-refractivity contribution in [3.05, 3.63) is 0 Å². The van der Waals surface area contributed by atoms with E-state index in [1.165, 1.54) is 6.92 Å². The number of anilines is 1. The van der Waals surface area contributed by atoms with Crippen molar-refractivity contribution in [3.8, 4) is 0 Å². The van der Waals surface area contributed by atoms with E-state index in [0.717, 1.165) is 0 Å². The molecule has 0 spiro atoms. The van der Waals surface area contributed by atoms with Crippen molar-refractivity contribution in [1.29, 1.82) is 0 Å². The number of aromatic nitrogens is 4. The van der Waals surface area contributed by atoms with Gasteiger partial charge in [0.1, 0.15) is 5.71 Å². The Morgan fingerprint density at radius 3 is 3.00 bits per heavy atom. The van der Waals surface area contributed by atoms with Crippen molar-refractivity contribution in [1.82, 2.24) is 20.6 Å². The first-order valence-electron chi connectivity index (χ1n) is 2.97. The summed E-state index contributed by atoms with van der Waals surface area (Å²) in [6, 6.07) is 0. The number of hydrogen-bond acceptors (Lipinski definition) is 6. The van der Waals surface area contributed by atoms with E-state index in [1.54, 1.807) is 0 Å². The molecular weight excluding hydrogens is 164 g/mol. The zero-order chi connectivity index (χ0) is 8.97. The number of aliphatic carboxylic acids is 1. The summed E-state index contributed by atoms with van der Waals surface area (Å²) in [5.41, 5.74) is 2.21. The Balaban J connectivity index is 2.55. The molecule has 0 radical (unpaired) electrons. The largest absolute Gasteiger partial charge is 0.477 e. The molecule has 1 rings (SSSR count). The van der Waals surface area contributed by atoms with Crippen LogP contribution in [0.5, 0.6) is 0 Å². The number of nitrogens with zero attached hydrogens (tertiary/aromatic N) is 4. The predicted molar refractivity (Wildman–Crippen MR) is 38.5 cm³/mol. The molecule has 8 nitrogen and oxygen atoms in total. The molecule has 3 N–H and O–H groups in total. The lowest BCUT2D eigenvalue weighted by Crippen LogP contribution is -2.10. The second-order valence-electron chi connectivity index (χ2n) is 1.85. The van der Waals surface area contributed by atoms with E-state index >= 15 is 0 Å². The maximum absolute atomic E-state index is 10.2. The van der Waals surface area contributed by atoms with E-state index in [4.69, 9.17) is 5.11 Å². The van der Waals surface area contributed by atoms with Gasteiger partial charge in [-0.25, -0.2) is 10.2 Å². The Labute approximate surface area is 66.7 Å². The summed E-state index contributed by atoms with van der Waals surface area (Å²) in [5, 5.41) is 24.2. The Morgan fingerprint density at radius 1 is 1.75 bits per heavy atom. The molecule has 0 fully saturated rings. The molecule has 0 saturated carbocycles. The lowest BCUT2D eigenvalue weighted by molar-refractivity contribution is -0.129. The van der Waals surface area contributed by atoms with Crippen LogP contribution in [0.25, 0.3) is 0 Å². The average molecular weight is 170 g/mol. The summed E-state index contributed by atoms with van der Waals surface area (Å²) in [6.45, 7) is 1.34. The summed E-state index contributed by atoms with van der Waals surface area (Å²) in [5.74, 6) is -0.985. The number of hydrogen-bond donors (Lipinski definition) is 3. The maximum Gasteiger partial charge on any atom is 0.351 e. The van der Waals surface area contributed by atoms with Crippen LogP contribution < -0.4 is 5.43 Å². The highest BCUT2D eigenvalue weighted by molar-refractivity contribution is 6.34. The Morgan fingerprint density at radius 2 is 2.50 bits per heavy atom. The molecule has 1 aromatic heterocycles. The second kappa shape index (κ2) is 3.42. The summed E-state index contributed by atoms with van der Waals surface area (Å²) >= 11 is 0. The minimum absolute atomic E-state index is 0.0835. The van der Waals surface area contributed by atoms with Gasteiger partial charge in [0.05, 0.1) is 0 Å². The quantitative estimate of drug-likeness (QED) is 0.398. The van der Waals surface area contributed by atoms with Gasteiger partial charge in [-0.2, -0.15) is 10.3 Å². The average Bonchev–Trinajstić information content (AvgIpc) is 2.51. The molecule has 1 heterocycles. The standard InChI is InChI=1S/C4H6N6O2/c1-2(3(11)12)5-6-4-7-9-10-8-4/h1H3,(H,11,12)(H2,6,7,8,9,10). The van der Waals surface area contributed by atoms with Crippen molar-refractivity contribution in [2.24, 2.45) is 5.10 Å². The van der Waals surface area contributed by atoms with Crippen LogP contribution in [0.15, 0.2) is 5.10 Å². The molecule has 8 heteroatoms. The van der Waals surface area contributed by atoms with Gasteiger partial charge in [0.2, 0.25) is 0 Å². The van der Waals surface area contributed by atoms with E-state index in [1.807, 2.05) is 0 Å². The van der Waals surface area contributed by atoms with E-state index in [2.05, 4.69) is 31.2 Å². The van der Waals surface area contributed by atoms with Crippen LogP contribution in [0.2, 0.25) is 0 Å².